The van der Waals surface area contributed by atoms with Crippen LogP contribution in [0.4, 0.5) is 0 Å². The van der Waals surface area contributed by atoms with Crippen LogP contribution in [0.1, 0.15) is 24.8 Å². The highest BCUT2D eigenvalue weighted by Crippen LogP contribution is 2.56. The molecule has 0 spiro atoms. The standard InChI is InChI=1S/C19H23N3O2S/c1-24-17-7-2-4-11(18(17)23)10-20-22-19(25)21-16-9-12-8-15(16)14-6-3-5-13(12)14/h2-4,6-7,10,12-16,23H,5,8-9H2,1H3,(H2,21,22,25)/b20-10-/t12-,13+,14-,15-,16+/m1/s1. The van der Waals surface area contributed by atoms with Crippen molar-refractivity contribution in [3.05, 3.63) is 35.9 Å². The lowest BCUT2D eigenvalue weighted by molar-refractivity contribution is 0.246. The molecule has 3 aliphatic rings. The van der Waals surface area contributed by atoms with Gasteiger partial charge in [0.05, 0.1) is 13.3 Å². The van der Waals surface area contributed by atoms with Gasteiger partial charge in [-0.05, 0) is 67.3 Å². The lowest BCUT2D eigenvalue weighted by Gasteiger charge is -2.32. The molecule has 132 valence electrons. The number of phenols is 1. The van der Waals surface area contributed by atoms with E-state index in [1.165, 1.54) is 26.4 Å². The first-order chi connectivity index (χ1) is 12.2. The van der Waals surface area contributed by atoms with Gasteiger partial charge in [0.25, 0.3) is 0 Å². The lowest BCUT2D eigenvalue weighted by Crippen LogP contribution is -2.45. The fraction of sp³-hybridized carbons (Fsp3) is 0.474. The summed E-state index contributed by atoms with van der Waals surface area (Å²) >= 11 is 5.38. The van der Waals surface area contributed by atoms with Crippen LogP contribution in [0.3, 0.4) is 0 Å². The predicted octanol–water partition coefficient (Wildman–Crippen LogP) is 2.80. The number of rotatable bonds is 4. The van der Waals surface area contributed by atoms with Crippen molar-refractivity contribution in [1.29, 1.82) is 0 Å². The van der Waals surface area contributed by atoms with Crippen LogP contribution in [-0.2, 0) is 0 Å². The number of benzene rings is 1. The molecule has 5 atom stereocenters. The van der Waals surface area contributed by atoms with Gasteiger partial charge >= 0.3 is 0 Å². The molecule has 2 fully saturated rings. The number of hydrogen-bond acceptors (Lipinski definition) is 4. The minimum atomic E-state index is 0.0709. The first-order valence-corrected chi connectivity index (χ1v) is 9.20. The van der Waals surface area contributed by atoms with Gasteiger partial charge in [-0.2, -0.15) is 5.10 Å². The molecular formula is C19H23N3O2S. The van der Waals surface area contributed by atoms with Crippen LogP contribution in [0.5, 0.6) is 11.5 Å². The fourth-order valence-electron chi connectivity index (χ4n) is 4.88. The Morgan fingerprint density at radius 1 is 1.36 bits per heavy atom. The van der Waals surface area contributed by atoms with Crippen molar-refractivity contribution >= 4 is 23.5 Å². The third-order valence-electron chi connectivity index (χ3n) is 5.95. The van der Waals surface area contributed by atoms with E-state index in [2.05, 4.69) is 28.0 Å². The van der Waals surface area contributed by atoms with Crippen molar-refractivity contribution in [2.24, 2.45) is 28.8 Å². The number of fused-ring (bicyclic) bond motifs is 5. The summed E-state index contributed by atoms with van der Waals surface area (Å²) in [6, 6.07) is 5.71. The zero-order chi connectivity index (χ0) is 17.4. The molecule has 6 heteroatoms. The molecule has 1 aromatic carbocycles. The Morgan fingerprint density at radius 3 is 3.08 bits per heavy atom. The van der Waals surface area contributed by atoms with E-state index in [1.54, 1.807) is 24.4 Å². The number of methoxy groups -OCH3 is 1. The summed E-state index contributed by atoms with van der Waals surface area (Å²) in [6.07, 6.45) is 10.1. The van der Waals surface area contributed by atoms with Crippen LogP contribution in [0, 0.1) is 23.7 Å². The van der Waals surface area contributed by atoms with Crippen LogP contribution in [-0.4, -0.2) is 29.6 Å². The van der Waals surface area contributed by atoms with Crippen molar-refractivity contribution in [3.8, 4) is 11.5 Å². The minimum Gasteiger partial charge on any atom is -0.504 e. The molecule has 5 nitrogen and oxygen atoms in total. The topological polar surface area (TPSA) is 65.9 Å². The zero-order valence-electron chi connectivity index (χ0n) is 14.2. The maximum Gasteiger partial charge on any atom is 0.187 e. The maximum absolute atomic E-state index is 10.0. The van der Waals surface area contributed by atoms with Gasteiger partial charge in [-0.1, -0.05) is 18.2 Å². The van der Waals surface area contributed by atoms with Crippen LogP contribution >= 0.6 is 12.2 Å². The van der Waals surface area contributed by atoms with Gasteiger partial charge < -0.3 is 15.2 Å². The number of allylic oxidation sites excluding steroid dienone is 2. The molecule has 0 amide bonds. The highest BCUT2D eigenvalue weighted by molar-refractivity contribution is 7.80. The SMILES string of the molecule is COc1cccc(/C=N\NC(=S)N[C@H]2C[C@H]3C[C@@H]2[C@@H]2C=CC[C@@H]32)c1O. The van der Waals surface area contributed by atoms with Gasteiger partial charge in [-0.15, -0.1) is 0 Å². The average Bonchev–Trinajstić information content (AvgIpc) is 3.29. The number of para-hydroxylation sites is 1. The van der Waals surface area contributed by atoms with Gasteiger partial charge in [0.15, 0.2) is 16.6 Å². The summed E-state index contributed by atoms with van der Waals surface area (Å²) in [4.78, 5) is 0. The highest BCUT2D eigenvalue weighted by atomic mass is 32.1. The van der Waals surface area contributed by atoms with E-state index < -0.39 is 0 Å². The van der Waals surface area contributed by atoms with Crippen molar-refractivity contribution in [3.63, 3.8) is 0 Å². The number of phenolic OH excluding ortho intramolecular Hbond substituents is 1. The molecule has 25 heavy (non-hydrogen) atoms. The summed E-state index contributed by atoms with van der Waals surface area (Å²) in [5.41, 5.74) is 3.44. The maximum atomic E-state index is 10.0. The predicted molar refractivity (Wildman–Crippen MR) is 102 cm³/mol. The van der Waals surface area contributed by atoms with E-state index in [1.807, 2.05) is 0 Å². The Bertz CT molecular complexity index is 733. The molecule has 2 saturated carbocycles. The molecular weight excluding hydrogens is 334 g/mol. The van der Waals surface area contributed by atoms with Crippen LogP contribution in [0.15, 0.2) is 35.5 Å². The van der Waals surface area contributed by atoms with Gasteiger partial charge in [0.1, 0.15) is 0 Å². The Morgan fingerprint density at radius 2 is 2.24 bits per heavy atom. The molecule has 0 heterocycles. The number of nitrogens with zero attached hydrogens (tertiary/aromatic N) is 1. The molecule has 4 rings (SSSR count). The molecule has 0 aliphatic heterocycles. The van der Waals surface area contributed by atoms with Crippen molar-refractivity contribution in [2.45, 2.75) is 25.3 Å². The Hall–Kier alpha value is -2.08. The van der Waals surface area contributed by atoms with Crippen LogP contribution in [0.2, 0.25) is 0 Å². The third kappa shape index (κ3) is 2.99. The molecule has 3 N–H and O–H groups in total. The lowest BCUT2D eigenvalue weighted by atomic mass is 9.79. The molecule has 1 aromatic rings. The van der Waals surface area contributed by atoms with Crippen molar-refractivity contribution < 1.29 is 9.84 Å². The fourth-order valence-corrected chi connectivity index (χ4v) is 5.08. The molecule has 0 unspecified atom stereocenters. The smallest absolute Gasteiger partial charge is 0.187 e. The monoisotopic (exact) mass is 357 g/mol. The molecule has 0 saturated heterocycles. The van der Waals surface area contributed by atoms with Gasteiger partial charge in [0, 0.05) is 11.6 Å². The van der Waals surface area contributed by atoms with Gasteiger partial charge in [-0.3, -0.25) is 5.43 Å². The molecule has 0 radical (unpaired) electrons. The number of nitrogens with one attached hydrogen (secondary N) is 2. The van der Waals surface area contributed by atoms with Gasteiger partial charge in [0.2, 0.25) is 0 Å². The van der Waals surface area contributed by atoms with Crippen LogP contribution < -0.4 is 15.5 Å². The summed E-state index contributed by atoms with van der Waals surface area (Å²) in [5.74, 6) is 3.63. The molecule has 0 aromatic heterocycles. The largest absolute Gasteiger partial charge is 0.504 e. The Kier molecular flexibility index (Phi) is 4.37. The second-order valence-corrected chi connectivity index (χ2v) is 7.56. The normalized spacial score (nSPS) is 32.1. The second kappa shape index (κ2) is 6.67. The number of aromatic hydroxyl groups is 1. The number of ether oxygens (including phenoxy) is 1. The Balaban J connectivity index is 1.32. The van der Waals surface area contributed by atoms with E-state index in [0.717, 1.165) is 17.8 Å². The van der Waals surface area contributed by atoms with E-state index in [4.69, 9.17) is 17.0 Å². The van der Waals surface area contributed by atoms with Crippen molar-refractivity contribution in [1.82, 2.24) is 10.7 Å². The number of thiocarbonyl (C=S) groups is 1. The van der Waals surface area contributed by atoms with E-state index >= 15 is 0 Å². The molecule has 3 aliphatic carbocycles. The third-order valence-corrected chi connectivity index (χ3v) is 6.15. The number of hydrazone groups is 1. The first kappa shape index (κ1) is 16.4. The summed E-state index contributed by atoms with van der Waals surface area (Å²) in [5, 5.41) is 18.2. The van der Waals surface area contributed by atoms with E-state index in [0.29, 0.717) is 28.4 Å². The minimum absolute atomic E-state index is 0.0709. The van der Waals surface area contributed by atoms with Crippen molar-refractivity contribution in [2.75, 3.05) is 7.11 Å². The summed E-state index contributed by atoms with van der Waals surface area (Å²) in [7, 11) is 1.52. The quantitative estimate of drug-likeness (QED) is 0.335. The summed E-state index contributed by atoms with van der Waals surface area (Å²) in [6.45, 7) is 0. The Labute approximate surface area is 153 Å². The number of hydrogen-bond donors (Lipinski definition) is 3. The van der Waals surface area contributed by atoms with E-state index in [-0.39, 0.29) is 5.75 Å². The highest BCUT2D eigenvalue weighted by Gasteiger charge is 2.52. The molecule has 2 bridgehead atoms. The van der Waals surface area contributed by atoms with Crippen LogP contribution in [0.25, 0.3) is 0 Å². The zero-order valence-corrected chi connectivity index (χ0v) is 15.0. The average molecular weight is 357 g/mol. The van der Waals surface area contributed by atoms with E-state index in [9.17, 15) is 5.11 Å². The second-order valence-electron chi connectivity index (χ2n) is 7.15. The van der Waals surface area contributed by atoms with Gasteiger partial charge in [-0.25, -0.2) is 0 Å². The first-order valence-electron chi connectivity index (χ1n) is 8.79. The summed E-state index contributed by atoms with van der Waals surface area (Å²) < 4.78 is 5.09.